The lowest BCUT2D eigenvalue weighted by atomic mass is 10.2. The molecule has 0 bridgehead atoms. The summed E-state index contributed by atoms with van der Waals surface area (Å²) < 4.78 is 35.5. The molecule has 0 aliphatic rings. The number of nitrogens with zero attached hydrogens (tertiary/aromatic N) is 10. The summed E-state index contributed by atoms with van der Waals surface area (Å²) in [4.78, 5) is 36.7. The van der Waals surface area contributed by atoms with E-state index in [9.17, 15) is 0 Å². The Kier molecular flexibility index (Phi) is 18.6. The van der Waals surface area contributed by atoms with Crippen molar-refractivity contribution in [1.82, 2.24) is 29.9 Å². The van der Waals surface area contributed by atoms with Crippen LogP contribution < -0.4 is 17.2 Å². The van der Waals surface area contributed by atoms with E-state index in [0.29, 0.717) is 124 Å². The van der Waals surface area contributed by atoms with Gasteiger partial charge >= 0.3 is 0 Å². The molecule has 6 N–H and O–H groups in total. The molecule has 0 aliphatic carbocycles. The zero-order valence-electron chi connectivity index (χ0n) is 44.6. The van der Waals surface area contributed by atoms with Crippen molar-refractivity contribution in [2.75, 3.05) is 7.11 Å². The van der Waals surface area contributed by atoms with Crippen molar-refractivity contribution >= 4 is 60.5 Å². The van der Waals surface area contributed by atoms with Gasteiger partial charge in [0.15, 0.2) is 72.8 Å². The van der Waals surface area contributed by atoms with Crippen LogP contribution in [0.1, 0.15) is 22.3 Å². The topological polar surface area (TPSA) is 288 Å². The lowest BCUT2D eigenvalue weighted by Crippen LogP contribution is -2.13. The lowest BCUT2D eigenvalue weighted by molar-refractivity contribution is 0.213. The first-order valence-corrected chi connectivity index (χ1v) is 26.5. The van der Waals surface area contributed by atoms with Gasteiger partial charge in [-0.15, -0.1) is 0 Å². The molecule has 416 valence electrons. The molecule has 12 heterocycles. The highest BCUT2D eigenvalue weighted by atomic mass is 79.9. The number of nitriles is 1. The summed E-state index contributed by atoms with van der Waals surface area (Å²) in [5.41, 5.74) is 25.8. The van der Waals surface area contributed by atoms with Crippen LogP contribution in [0, 0.1) is 24.5 Å². The SMILES string of the molecule is C=C(N)c1ccc(-c2ccc(-c3ccc(-c4ccc(C(=C)N)cn4)o3)o2)nc1.CO/N=C(\N)c1ccc(-c2ccc(Br)o2)nc1.[C-]#[N+]c1ccc(-c2ccc(-c3ccc(-c4ccc(C#N)cn4)o3)o2)nc1.[C-]#[N+]c1ccc(-c2ccc(Br)o2)nc1. The fourth-order valence-corrected chi connectivity index (χ4v) is 8.05. The van der Waals surface area contributed by atoms with E-state index < -0.39 is 0 Å². The quantitative estimate of drug-likeness (QED) is 0.0443. The molecule has 0 saturated heterocycles. The van der Waals surface area contributed by atoms with E-state index in [1.54, 1.807) is 97.5 Å². The molecule has 0 fully saturated rings. The minimum Gasteiger partial charge on any atom is -0.451 e. The van der Waals surface area contributed by atoms with E-state index in [2.05, 4.69) is 94.6 Å². The summed E-state index contributed by atoms with van der Waals surface area (Å²) in [6.45, 7) is 21.1. The van der Waals surface area contributed by atoms with Gasteiger partial charge in [0.2, 0.25) is 11.4 Å². The minimum atomic E-state index is 0.284. The fourth-order valence-electron chi connectivity index (χ4n) is 7.44. The number of rotatable bonds is 12. The van der Waals surface area contributed by atoms with Crippen molar-refractivity contribution in [3.8, 4) is 97.8 Å². The van der Waals surface area contributed by atoms with Crippen LogP contribution in [-0.2, 0) is 4.84 Å². The van der Waals surface area contributed by atoms with Crippen molar-refractivity contribution in [3.63, 3.8) is 0 Å². The van der Waals surface area contributed by atoms with Crippen LogP contribution in [-0.4, -0.2) is 42.8 Å². The van der Waals surface area contributed by atoms with Gasteiger partial charge in [0.1, 0.15) is 47.3 Å². The summed E-state index contributed by atoms with van der Waals surface area (Å²) in [5.74, 6) is 6.42. The molecule has 0 unspecified atom stereocenters. The second-order valence-electron chi connectivity index (χ2n) is 17.4. The number of nitrogens with two attached hydrogens (primary N) is 3. The molecule has 0 spiro atoms. The van der Waals surface area contributed by atoms with Crippen LogP contribution in [0.2, 0.25) is 0 Å². The molecule has 85 heavy (non-hydrogen) atoms. The first-order chi connectivity index (χ1) is 41.3. The molecule has 0 amide bonds. The molecule has 20 nitrogen and oxygen atoms in total. The van der Waals surface area contributed by atoms with Gasteiger partial charge in [-0.2, -0.15) is 5.26 Å². The molecule has 0 aromatic carbocycles. The largest absolute Gasteiger partial charge is 0.451 e. The van der Waals surface area contributed by atoms with Gasteiger partial charge in [0.25, 0.3) is 0 Å². The summed E-state index contributed by atoms with van der Waals surface area (Å²) in [6, 6.07) is 45.2. The van der Waals surface area contributed by atoms with Crippen molar-refractivity contribution in [2.24, 2.45) is 22.4 Å². The van der Waals surface area contributed by atoms with Crippen molar-refractivity contribution in [3.05, 3.63) is 250 Å². The normalized spacial score (nSPS) is 10.6. The number of hydrogen-bond donors (Lipinski definition) is 3. The number of hydrogen-bond acceptors (Lipinski definition) is 17. The zero-order chi connectivity index (χ0) is 59.8. The molecular weight excluding hydrogens is 1210 g/mol. The average Bonchev–Trinajstić information content (AvgIpc) is 4.45. The van der Waals surface area contributed by atoms with E-state index in [4.69, 9.17) is 62.1 Å². The Balaban J connectivity index is 0.000000141. The van der Waals surface area contributed by atoms with Gasteiger partial charge in [-0.1, -0.05) is 30.4 Å². The Morgan fingerprint density at radius 1 is 0.435 bits per heavy atom. The highest BCUT2D eigenvalue weighted by molar-refractivity contribution is 9.10. The molecule has 0 saturated carbocycles. The first kappa shape index (κ1) is 58.0. The molecule has 0 aliphatic heterocycles. The number of pyridine rings is 6. The van der Waals surface area contributed by atoms with Gasteiger partial charge < -0.3 is 48.5 Å². The van der Waals surface area contributed by atoms with Gasteiger partial charge in [-0.05, 0) is 165 Å². The second kappa shape index (κ2) is 27.2. The third kappa shape index (κ3) is 14.8. The maximum atomic E-state index is 8.83. The standard InChI is InChI=1S/C22H18N4O2.C20H10N4O2.C11H10BrN3O2.C10H5BrN2O/c1-13(23)15-3-5-17(25-11-15)19-7-9-21(27-19)22-10-8-20(28-22)18-6-4-16(12-26-18)14(2)24;1-22-14-3-5-16(24-12-14)18-7-9-20(26-18)19-8-6-17(25-19)15-4-2-13(10-21)11-23-15;1-16-15-11(13)7-2-3-8(14-6-7)9-4-5-10(12)17-9;1-12-7-2-3-8(13-6-7)9-4-5-10(11)14-9/h3-12H,1-2,23-24H2;2-9,11-12H;2-6H,1H3,(H2,13,15);2-6H. The Labute approximate surface area is 501 Å². The average molecular weight is 1250 g/mol. The van der Waals surface area contributed by atoms with Crippen LogP contribution >= 0.6 is 31.9 Å². The highest BCUT2D eigenvalue weighted by Crippen LogP contribution is 2.34. The maximum Gasteiger partial charge on any atom is 0.205 e. The predicted molar refractivity (Wildman–Crippen MR) is 326 cm³/mol. The van der Waals surface area contributed by atoms with Crippen molar-refractivity contribution in [2.45, 2.75) is 0 Å². The molecule has 0 radical (unpaired) electrons. The summed E-state index contributed by atoms with van der Waals surface area (Å²) >= 11 is 6.45. The zero-order valence-corrected chi connectivity index (χ0v) is 47.7. The summed E-state index contributed by atoms with van der Waals surface area (Å²) in [5, 5.41) is 12.5. The fraction of sp³-hybridized carbons (Fsp3) is 0.0159. The molecule has 12 aromatic heterocycles. The molecular formula is C63H43Br2N13O7. The van der Waals surface area contributed by atoms with E-state index in [-0.39, 0.29) is 5.84 Å². The molecule has 12 rings (SSSR count). The molecule has 0 atom stereocenters. The van der Waals surface area contributed by atoms with Crippen molar-refractivity contribution in [1.29, 1.82) is 5.26 Å². The van der Waals surface area contributed by atoms with E-state index in [1.807, 2.05) is 72.8 Å². The third-order valence-electron chi connectivity index (χ3n) is 11.7. The van der Waals surface area contributed by atoms with Gasteiger partial charge in [0, 0.05) is 65.3 Å². The highest BCUT2D eigenvalue weighted by Gasteiger charge is 2.16. The maximum absolute atomic E-state index is 8.83. The Morgan fingerprint density at radius 3 is 1.00 bits per heavy atom. The Bertz CT molecular complexity index is 4220. The number of oxime groups is 1. The first-order valence-electron chi connectivity index (χ1n) is 24.9. The van der Waals surface area contributed by atoms with E-state index in [0.717, 1.165) is 22.5 Å². The van der Waals surface area contributed by atoms with Crippen molar-refractivity contribution < 1.29 is 31.3 Å². The number of furan rings is 6. The van der Waals surface area contributed by atoms with Crippen LogP contribution in [0.15, 0.2) is 237 Å². The lowest BCUT2D eigenvalue weighted by Gasteiger charge is -2.01. The molecule has 12 aromatic rings. The Morgan fingerprint density at radius 2 is 0.741 bits per heavy atom. The Hall–Kier alpha value is -11.6. The summed E-state index contributed by atoms with van der Waals surface area (Å²) in [6.07, 6.45) is 9.47. The predicted octanol–water partition coefficient (Wildman–Crippen LogP) is 15.6. The third-order valence-corrected chi connectivity index (χ3v) is 12.6. The smallest absolute Gasteiger partial charge is 0.205 e. The van der Waals surface area contributed by atoms with Crippen LogP contribution in [0.25, 0.3) is 113 Å². The van der Waals surface area contributed by atoms with E-state index in [1.165, 1.54) is 25.7 Å². The van der Waals surface area contributed by atoms with Crippen LogP contribution in [0.3, 0.4) is 0 Å². The molecule has 22 heteroatoms. The van der Waals surface area contributed by atoms with Crippen LogP contribution in [0.5, 0.6) is 0 Å². The van der Waals surface area contributed by atoms with Gasteiger partial charge in [0.05, 0.1) is 18.7 Å². The number of aromatic nitrogens is 6. The number of halogens is 2. The number of amidine groups is 1. The van der Waals surface area contributed by atoms with E-state index >= 15 is 0 Å². The van der Waals surface area contributed by atoms with Gasteiger partial charge in [-0.3, -0.25) is 29.9 Å². The second-order valence-corrected chi connectivity index (χ2v) is 19.0. The monoisotopic (exact) mass is 1250 g/mol. The summed E-state index contributed by atoms with van der Waals surface area (Å²) in [7, 11) is 1.44. The van der Waals surface area contributed by atoms with Crippen LogP contribution in [0.4, 0.5) is 11.4 Å². The van der Waals surface area contributed by atoms with Gasteiger partial charge in [-0.25, -0.2) is 9.69 Å². The minimum absolute atomic E-state index is 0.284.